The Bertz CT molecular complexity index is 1390. The number of methoxy groups -OCH3 is 1. The highest BCUT2D eigenvalue weighted by atomic mass is 19.1. The molecule has 158 valence electrons. The van der Waals surface area contributed by atoms with Gasteiger partial charge in [-0.05, 0) is 71.0 Å². The van der Waals surface area contributed by atoms with Gasteiger partial charge < -0.3 is 14.2 Å². The molecule has 6 rings (SSSR count). The fourth-order valence-corrected chi connectivity index (χ4v) is 4.74. The zero-order valence-corrected chi connectivity index (χ0v) is 17.6. The first kappa shape index (κ1) is 18.9. The molecule has 0 N–H and O–H groups in total. The van der Waals surface area contributed by atoms with Gasteiger partial charge in [-0.2, -0.15) is 0 Å². The molecule has 4 aromatic carbocycles. The molecule has 0 spiro atoms. The van der Waals surface area contributed by atoms with Gasteiger partial charge in [0.1, 0.15) is 23.1 Å². The molecule has 1 unspecified atom stereocenters. The third kappa shape index (κ3) is 2.79. The maximum Gasteiger partial charge on any atom is 0.180 e. The zero-order chi connectivity index (χ0) is 21.7. The van der Waals surface area contributed by atoms with Crippen LogP contribution < -0.4 is 14.2 Å². The maximum atomic E-state index is 15.1. The Balaban J connectivity index is 1.56. The minimum atomic E-state index is -1.07. The smallest absolute Gasteiger partial charge is 0.180 e. The first-order valence-electron chi connectivity index (χ1n) is 10.7. The van der Waals surface area contributed by atoms with Gasteiger partial charge in [0.2, 0.25) is 0 Å². The van der Waals surface area contributed by atoms with Crippen LogP contribution in [-0.2, 0) is 12.0 Å². The summed E-state index contributed by atoms with van der Waals surface area (Å²) in [6.07, 6.45) is 4.85. The molecular formula is C28H21FO3. The van der Waals surface area contributed by atoms with Crippen molar-refractivity contribution in [2.75, 3.05) is 13.7 Å². The van der Waals surface area contributed by atoms with Crippen LogP contribution in [0.15, 0.2) is 78.9 Å². The number of rotatable bonds is 3. The van der Waals surface area contributed by atoms with Gasteiger partial charge in [-0.1, -0.05) is 30.3 Å². The van der Waals surface area contributed by atoms with Gasteiger partial charge in [0.25, 0.3) is 0 Å². The van der Waals surface area contributed by atoms with Crippen LogP contribution in [0.3, 0.4) is 0 Å². The maximum absolute atomic E-state index is 15.1. The normalized spacial score (nSPS) is 18.6. The Labute approximate surface area is 185 Å². The van der Waals surface area contributed by atoms with E-state index in [1.807, 2.05) is 60.7 Å². The summed E-state index contributed by atoms with van der Waals surface area (Å²) in [4.78, 5) is 0. The van der Waals surface area contributed by atoms with Crippen molar-refractivity contribution < 1.29 is 18.6 Å². The van der Waals surface area contributed by atoms with Crippen molar-refractivity contribution in [3.05, 3.63) is 107 Å². The van der Waals surface area contributed by atoms with E-state index in [0.717, 1.165) is 45.4 Å². The molecule has 0 aromatic heterocycles. The second-order valence-electron chi connectivity index (χ2n) is 8.14. The summed E-state index contributed by atoms with van der Waals surface area (Å²) < 4.78 is 32.9. The van der Waals surface area contributed by atoms with E-state index in [2.05, 4.69) is 6.07 Å². The van der Waals surface area contributed by atoms with Gasteiger partial charge in [0, 0.05) is 23.1 Å². The van der Waals surface area contributed by atoms with E-state index in [-0.39, 0.29) is 5.82 Å². The summed E-state index contributed by atoms with van der Waals surface area (Å²) in [7, 11) is 1.66. The Morgan fingerprint density at radius 3 is 2.69 bits per heavy atom. The molecular weight excluding hydrogens is 403 g/mol. The van der Waals surface area contributed by atoms with Gasteiger partial charge in [-0.25, -0.2) is 4.39 Å². The first-order chi connectivity index (χ1) is 15.7. The van der Waals surface area contributed by atoms with Crippen LogP contribution in [0.5, 0.6) is 17.2 Å². The van der Waals surface area contributed by atoms with E-state index in [1.54, 1.807) is 19.2 Å². The standard InChI is InChI=1S/C28H21FO3/c1-30-21-8-9-22-18(17-21)6-10-27-23(22)12-14-28(32-27,24-4-2-3-5-25(24)29)20-7-11-26-19(16-20)13-15-31-26/h2-12,14,16-17H,13,15H2,1H3. The SMILES string of the molecule is COc1ccc2c3c(ccc2c1)OC(c1ccc2c(c1)CCO2)(c1ccccc1F)C=C3. The molecule has 0 bridgehead atoms. The van der Waals surface area contributed by atoms with Gasteiger partial charge in [-0.15, -0.1) is 0 Å². The second-order valence-corrected chi connectivity index (χ2v) is 8.14. The van der Waals surface area contributed by atoms with Crippen molar-refractivity contribution in [3.63, 3.8) is 0 Å². The Kier molecular flexibility index (Phi) is 4.22. The molecule has 4 heteroatoms. The molecule has 0 saturated carbocycles. The highest BCUT2D eigenvalue weighted by Crippen LogP contribution is 2.46. The summed E-state index contributed by atoms with van der Waals surface area (Å²) in [6.45, 7) is 0.667. The van der Waals surface area contributed by atoms with Crippen LogP contribution in [0.4, 0.5) is 4.39 Å². The van der Waals surface area contributed by atoms with Crippen LogP contribution in [0, 0.1) is 5.82 Å². The van der Waals surface area contributed by atoms with E-state index in [1.165, 1.54) is 6.07 Å². The van der Waals surface area contributed by atoms with Crippen molar-refractivity contribution in [1.82, 2.24) is 0 Å². The molecule has 0 amide bonds. The number of ether oxygens (including phenoxy) is 3. The highest BCUT2D eigenvalue weighted by molar-refractivity contribution is 5.94. The summed E-state index contributed by atoms with van der Waals surface area (Å²) in [5.74, 6) is 2.10. The molecule has 2 aliphatic rings. The lowest BCUT2D eigenvalue weighted by Gasteiger charge is -2.36. The lowest BCUT2D eigenvalue weighted by atomic mass is 9.82. The average molecular weight is 424 g/mol. The molecule has 0 radical (unpaired) electrons. The minimum Gasteiger partial charge on any atom is -0.497 e. The summed E-state index contributed by atoms with van der Waals surface area (Å²) >= 11 is 0. The highest BCUT2D eigenvalue weighted by Gasteiger charge is 2.40. The van der Waals surface area contributed by atoms with Gasteiger partial charge in [-0.3, -0.25) is 0 Å². The zero-order valence-electron chi connectivity index (χ0n) is 17.6. The Morgan fingerprint density at radius 1 is 0.938 bits per heavy atom. The van der Waals surface area contributed by atoms with Gasteiger partial charge in [0.15, 0.2) is 5.60 Å². The van der Waals surface area contributed by atoms with E-state index in [0.29, 0.717) is 17.9 Å². The van der Waals surface area contributed by atoms with Crippen molar-refractivity contribution in [2.45, 2.75) is 12.0 Å². The predicted octanol–water partition coefficient (Wildman–Crippen LogP) is 6.27. The minimum absolute atomic E-state index is 0.303. The summed E-state index contributed by atoms with van der Waals surface area (Å²) in [5.41, 5.74) is 2.38. The second kappa shape index (κ2) is 7.13. The van der Waals surface area contributed by atoms with E-state index in [9.17, 15) is 0 Å². The largest absolute Gasteiger partial charge is 0.497 e. The molecule has 0 saturated heterocycles. The third-order valence-electron chi connectivity index (χ3n) is 6.38. The number of hydrogen-bond acceptors (Lipinski definition) is 3. The monoisotopic (exact) mass is 424 g/mol. The molecule has 32 heavy (non-hydrogen) atoms. The van der Waals surface area contributed by atoms with Crippen molar-refractivity contribution in [1.29, 1.82) is 0 Å². The van der Waals surface area contributed by atoms with Crippen molar-refractivity contribution >= 4 is 16.8 Å². The van der Waals surface area contributed by atoms with E-state index in [4.69, 9.17) is 14.2 Å². The number of fused-ring (bicyclic) bond motifs is 4. The number of benzene rings is 4. The molecule has 3 nitrogen and oxygen atoms in total. The number of hydrogen-bond donors (Lipinski definition) is 0. The molecule has 1 atom stereocenters. The summed E-state index contributed by atoms with van der Waals surface area (Å²) in [6, 6.07) is 22.8. The average Bonchev–Trinajstić information content (AvgIpc) is 3.31. The third-order valence-corrected chi connectivity index (χ3v) is 6.38. The van der Waals surface area contributed by atoms with E-state index < -0.39 is 5.60 Å². The fourth-order valence-electron chi connectivity index (χ4n) is 4.74. The Hall–Kier alpha value is -3.79. The molecule has 0 fully saturated rings. The molecule has 2 aliphatic heterocycles. The van der Waals surface area contributed by atoms with Crippen LogP contribution in [-0.4, -0.2) is 13.7 Å². The van der Waals surface area contributed by atoms with Crippen molar-refractivity contribution in [2.24, 2.45) is 0 Å². The van der Waals surface area contributed by atoms with E-state index >= 15 is 4.39 Å². The summed E-state index contributed by atoms with van der Waals surface area (Å²) in [5, 5.41) is 2.12. The molecule has 0 aliphatic carbocycles. The van der Waals surface area contributed by atoms with Crippen LogP contribution in [0.2, 0.25) is 0 Å². The molecule has 4 aromatic rings. The van der Waals surface area contributed by atoms with Crippen LogP contribution in [0.25, 0.3) is 16.8 Å². The fraction of sp³-hybridized carbons (Fsp3) is 0.143. The first-order valence-corrected chi connectivity index (χ1v) is 10.7. The number of halogens is 1. The molecule has 2 heterocycles. The lowest BCUT2D eigenvalue weighted by Crippen LogP contribution is -2.35. The van der Waals surface area contributed by atoms with Crippen LogP contribution >= 0.6 is 0 Å². The predicted molar refractivity (Wildman–Crippen MR) is 123 cm³/mol. The van der Waals surface area contributed by atoms with Crippen molar-refractivity contribution in [3.8, 4) is 17.2 Å². The lowest BCUT2D eigenvalue weighted by molar-refractivity contribution is 0.156. The quantitative estimate of drug-likeness (QED) is 0.388. The van der Waals surface area contributed by atoms with Crippen LogP contribution in [0.1, 0.15) is 22.3 Å². The Morgan fingerprint density at radius 2 is 1.81 bits per heavy atom. The van der Waals surface area contributed by atoms with Gasteiger partial charge in [0.05, 0.1) is 13.7 Å². The van der Waals surface area contributed by atoms with Gasteiger partial charge >= 0.3 is 0 Å². The topological polar surface area (TPSA) is 27.7 Å².